The maximum absolute atomic E-state index is 12.8. The molecule has 1 unspecified atom stereocenters. The maximum atomic E-state index is 12.8. The number of fused-ring (bicyclic) bond motifs is 3. The van der Waals surface area contributed by atoms with Gasteiger partial charge < -0.3 is 19.9 Å². The van der Waals surface area contributed by atoms with Gasteiger partial charge in [0.2, 0.25) is 6.04 Å². The first-order valence-corrected chi connectivity index (χ1v) is 11.4. The van der Waals surface area contributed by atoms with E-state index in [4.69, 9.17) is 14.6 Å². The molecule has 0 heterocycles. The molecule has 9 heteroatoms. The number of hydrogen-bond acceptors (Lipinski definition) is 6. The Labute approximate surface area is 203 Å². The molecule has 3 rings (SSSR count). The largest absolute Gasteiger partial charge is 0.481 e. The molecule has 0 spiro atoms. The van der Waals surface area contributed by atoms with Gasteiger partial charge in [0.05, 0.1) is 6.61 Å². The van der Waals surface area contributed by atoms with Crippen LogP contribution in [0, 0.1) is 0 Å². The van der Waals surface area contributed by atoms with Crippen LogP contribution in [0.25, 0.3) is 11.1 Å². The number of alkyl carbamates (subject to hydrolysis) is 1. The summed E-state index contributed by atoms with van der Waals surface area (Å²) in [4.78, 5) is 48.7. The number of carboxylic acid groups (broad SMARTS) is 1. The topological polar surface area (TPSA) is 131 Å². The lowest BCUT2D eigenvalue weighted by atomic mass is 9.98. The van der Waals surface area contributed by atoms with Gasteiger partial charge in [-0.1, -0.05) is 48.5 Å². The van der Waals surface area contributed by atoms with E-state index in [2.05, 4.69) is 10.6 Å². The standard InChI is InChI=1S/C26H30N2O7/c1-4-34-24(32)22(23(31)28-26(2,3)14-13-21(29)30)27-25(33)35-15-20-18-11-7-5-9-16(18)17-10-6-8-12-19(17)20/h5-12,20,22H,4,13-15H2,1-3H3,(H,27,33)(H,28,31)(H,29,30). The number of hydrogen-bond donors (Lipinski definition) is 3. The molecule has 0 saturated heterocycles. The number of aliphatic carboxylic acids is 1. The minimum atomic E-state index is -1.64. The lowest BCUT2D eigenvalue weighted by Crippen LogP contribution is -2.57. The number of ether oxygens (including phenoxy) is 2. The first-order valence-electron chi connectivity index (χ1n) is 11.4. The van der Waals surface area contributed by atoms with E-state index in [9.17, 15) is 19.2 Å². The molecule has 2 aromatic rings. The van der Waals surface area contributed by atoms with Crippen molar-refractivity contribution < 1.29 is 33.8 Å². The van der Waals surface area contributed by atoms with Crippen molar-refractivity contribution in [3.05, 3.63) is 59.7 Å². The number of carboxylic acids is 1. The fourth-order valence-electron chi connectivity index (χ4n) is 4.10. The Hall–Kier alpha value is -3.88. The number of carbonyl (C=O) groups is 4. The Morgan fingerprint density at radius 1 is 0.971 bits per heavy atom. The number of amides is 2. The van der Waals surface area contributed by atoms with Crippen molar-refractivity contribution in [1.29, 1.82) is 0 Å². The zero-order valence-electron chi connectivity index (χ0n) is 20.0. The smallest absolute Gasteiger partial charge is 0.408 e. The summed E-state index contributed by atoms with van der Waals surface area (Å²) in [6.07, 6.45) is -0.977. The van der Waals surface area contributed by atoms with Gasteiger partial charge in [-0.3, -0.25) is 14.9 Å². The number of rotatable bonds is 10. The van der Waals surface area contributed by atoms with Crippen molar-refractivity contribution >= 4 is 23.9 Å². The summed E-state index contributed by atoms with van der Waals surface area (Å²) >= 11 is 0. The molecule has 1 atom stereocenters. The minimum Gasteiger partial charge on any atom is -0.481 e. The zero-order chi connectivity index (χ0) is 25.6. The quantitative estimate of drug-likeness (QED) is 0.350. The highest BCUT2D eigenvalue weighted by atomic mass is 16.6. The van der Waals surface area contributed by atoms with Crippen LogP contribution in [0.4, 0.5) is 4.79 Å². The maximum Gasteiger partial charge on any atom is 0.408 e. The molecular formula is C26H30N2O7. The van der Waals surface area contributed by atoms with Crippen LogP contribution in [0.15, 0.2) is 48.5 Å². The summed E-state index contributed by atoms with van der Waals surface area (Å²) in [6, 6.07) is 14.1. The monoisotopic (exact) mass is 482 g/mol. The van der Waals surface area contributed by atoms with Crippen LogP contribution in [-0.4, -0.2) is 53.8 Å². The molecule has 2 aromatic carbocycles. The van der Waals surface area contributed by atoms with E-state index >= 15 is 0 Å². The fraction of sp³-hybridized carbons (Fsp3) is 0.385. The highest BCUT2D eigenvalue weighted by Crippen LogP contribution is 2.44. The molecule has 1 aliphatic carbocycles. The van der Waals surface area contributed by atoms with E-state index in [-0.39, 0.29) is 32.0 Å². The van der Waals surface area contributed by atoms with E-state index in [1.807, 2.05) is 48.5 Å². The summed E-state index contributed by atoms with van der Waals surface area (Å²) in [5, 5.41) is 13.8. The summed E-state index contributed by atoms with van der Waals surface area (Å²) < 4.78 is 10.4. The van der Waals surface area contributed by atoms with Crippen LogP contribution in [0.3, 0.4) is 0 Å². The molecule has 0 bridgehead atoms. The fourth-order valence-corrected chi connectivity index (χ4v) is 4.10. The Morgan fingerprint density at radius 3 is 2.09 bits per heavy atom. The van der Waals surface area contributed by atoms with E-state index in [1.165, 1.54) is 0 Å². The van der Waals surface area contributed by atoms with Gasteiger partial charge in [0.25, 0.3) is 5.91 Å². The number of esters is 1. The van der Waals surface area contributed by atoms with Crippen LogP contribution < -0.4 is 10.6 Å². The van der Waals surface area contributed by atoms with Gasteiger partial charge in [-0.2, -0.15) is 0 Å². The third-order valence-corrected chi connectivity index (χ3v) is 5.82. The molecule has 3 N–H and O–H groups in total. The Bertz CT molecular complexity index is 1070. The van der Waals surface area contributed by atoms with Gasteiger partial charge >= 0.3 is 18.0 Å². The molecular weight excluding hydrogens is 452 g/mol. The second-order valence-electron chi connectivity index (χ2n) is 8.92. The number of carbonyl (C=O) groups excluding carboxylic acids is 3. The van der Waals surface area contributed by atoms with Gasteiger partial charge in [-0.05, 0) is 49.4 Å². The molecule has 1 aliphatic rings. The van der Waals surface area contributed by atoms with E-state index < -0.39 is 35.5 Å². The molecule has 9 nitrogen and oxygen atoms in total. The van der Waals surface area contributed by atoms with Crippen LogP contribution in [-0.2, 0) is 23.9 Å². The molecule has 186 valence electrons. The van der Waals surface area contributed by atoms with Crippen molar-refractivity contribution in [1.82, 2.24) is 10.6 Å². The summed E-state index contributed by atoms with van der Waals surface area (Å²) in [5.74, 6) is -2.94. The molecule has 0 fully saturated rings. The van der Waals surface area contributed by atoms with Crippen molar-refractivity contribution in [2.45, 2.75) is 51.1 Å². The van der Waals surface area contributed by atoms with Crippen molar-refractivity contribution in [2.24, 2.45) is 0 Å². The highest BCUT2D eigenvalue weighted by Gasteiger charge is 2.35. The number of nitrogens with one attached hydrogen (secondary N) is 2. The molecule has 0 aromatic heterocycles. The Balaban J connectivity index is 1.68. The lowest BCUT2D eigenvalue weighted by molar-refractivity contribution is -0.149. The molecule has 0 radical (unpaired) electrons. The predicted octanol–water partition coefficient (Wildman–Crippen LogP) is 3.22. The van der Waals surface area contributed by atoms with Gasteiger partial charge in [0, 0.05) is 17.9 Å². The van der Waals surface area contributed by atoms with E-state index in [1.54, 1.807) is 20.8 Å². The summed E-state index contributed by atoms with van der Waals surface area (Å²) in [6.45, 7) is 4.86. The average molecular weight is 483 g/mol. The highest BCUT2D eigenvalue weighted by molar-refractivity contribution is 6.04. The van der Waals surface area contributed by atoms with E-state index in [0.717, 1.165) is 22.3 Å². The van der Waals surface area contributed by atoms with E-state index in [0.29, 0.717) is 0 Å². The van der Waals surface area contributed by atoms with Crippen molar-refractivity contribution in [3.8, 4) is 11.1 Å². The second-order valence-corrected chi connectivity index (χ2v) is 8.92. The van der Waals surface area contributed by atoms with Gasteiger partial charge in [-0.15, -0.1) is 0 Å². The second kappa shape index (κ2) is 11.0. The lowest BCUT2D eigenvalue weighted by Gasteiger charge is -2.28. The number of benzene rings is 2. The van der Waals surface area contributed by atoms with Crippen LogP contribution in [0.1, 0.15) is 50.7 Å². The Morgan fingerprint density at radius 2 is 1.54 bits per heavy atom. The first-order chi connectivity index (χ1) is 16.6. The van der Waals surface area contributed by atoms with Crippen LogP contribution in [0.2, 0.25) is 0 Å². The summed E-state index contributed by atoms with van der Waals surface area (Å²) in [7, 11) is 0. The molecule has 0 saturated carbocycles. The minimum absolute atomic E-state index is 0.0113. The normalized spacial score (nSPS) is 13.2. The Kier molecular flexibility index (Phi) is 8.11. The molecule has 35 heavy (non-hydrogen) atoms. The third-order valence-electron chi connectivity index (χ3n) is 5.82. The van der Waals surface area contributed by atoms with Gasteiger partial charge in [-0.25, -0.2) is 9.59 Å². The SMILES string of the molecule is CCOC(=O)C(NC(=O)OCC1c2ccccc2-c2ccccc21)C(=O)NC(C)(C)CCC(=O)O. The van der Waals surface area contributed by atoms with Crippen LogP contribution >= 0.6 is 0 Å². The van der Waals surface area contributed by atoms with Gasteiger partial charge in [0.15, 0.2) is 0 Å². The van der Waals surface area contributed by atoms with Crippen molar-refractivity contribution in [2.75, 3.05) is 13.2 Å². The molecule has 2 amide bonds. The van der Waals surface area contributed by atoms with Crippen LogP contribution in [0.5, 0.6) is 0 Å². The van der Waals surface area contributed by atoms with Gasteiger partial charge in [0.1, 0.15) is 6.61 Å². The predicted molar refractivity (Wildman–Crippen MR) is 128 cm³/mol. The molecule has 0 aliphatic heterocycles. The average Bonchev–Trinajstić information content (AvgIpc) is 3.13. The summed E-state index contributed by atoms with van der Waals surface area (Å²) in [5.41, 5.74) is 3.28. The zero-order valence-corrected chi connectivity index (χ0v) is 20.0. The van der Waals surface area contributed by atoms with Crippen molar-refractivity contribution in [3.63, 3.8) is 0 Å². The first kappa shape index (κ1) is 25.7. The third kappa shape index (κ3) is 6.38.